The predicted octanol–water partition coefficient (Wildman–Crippen LogP) is 4.25. The van der Waals surface area contributed by atoms with Gasteiger partial charge in [-0.1, -0.05) is 54.6 Å². The zero-order chi connectivity index (χ0) is 16.2. The van der Waals surface area contributed by atoms with E-state index in [0.29, 0.717) is 0 Å². The van der Waals surface area contributed by atoms with Gasteiger partial charge in [0.15, 0.2) is 5.78 Å². The van der Waals surface area contributed by atoms with Crippen LogP contribution in [0, 0.1) is 0 Å². The minimum atomic E-state index is 0.0316. The molecule has 23 heavy (non-hydrogen) atoms. The number of ketones is 1. The molecule has 0 spiro atoms. The summed E-state index contributed by atoms with van der Waals surface area (Å²) in [7, 11) is 4.06. The third-order valence-electron chi connectivity index (χ3n) is 3.88. The number of nitrogens with zero attached hydrogens (tertiary/aromatic N) is 1. The van der Waals surface area contributed by atoms with Crippen LogP contribution in [-0.2, 0) is 4.79 Å². The van der Waals surface area contributed by atoms with Gasteiger partial charge in [-0.2, -0.15) is 0 Å². The third kappa shape index (κ3) is 3.32. The topological polar surface area (TPSA) is 20.3 Å². The summed E-state index contributed by atoms with van der Waals surface area (Å²) in [5.41, 5.74) is 5.63. The summed E-state index contributed by atoms with van der Waals surface area (Å²) in [4.78, 5) is 13.5. The second-order valence-corrected chi connectivity index (χ2v) is 5.71. The summed E-state index contributed by atoms with van der Waals surface area (Å²) in [6, 6.07) is 18.8. The molecule has 0 N–H and O–H groups in total. The van der Waals surface area contributed by atoms with Crippen molar-refractivity contribution in [3.8, 4) is 0 Å². The molecule has 0 radical (unpaired) electrons. The lowest BCUT2D eigenvalue weighted by molar-refractivity contribution is -0.110. The molecule has 2 nitrogen and oxygen atoms in total. The van der Waals surface area contributed by atoms with E-state index in [1.54, 1.807) is 12.2 Å². The van der Waals surface area contributed by atoms with E-state index in [2.05, 4.69) is 41.3 Å². The van der Waals surface area contributed by atoms with Crippen LogP contribution in [-0.4, -0.2) is 19.9 Å². The van der Waals surface area contributed by atoms with Crippen LogP contribution < -0.4 is 4.90 Å². The maximum absolute atomic E-state index is 11.4. The lowest BCUT2D eigenvalue weighted by Crippen LogP contribution is -2.08. The molecule has 0 saturated carbocycles. The van der Waals surface area contributed by atoms with Gasteiger partial charge in [0.2, 0.25) is 0 Å². The van der Waals surface area contributed by atoms with Crippen molar-refractivity contribution in [2.45, 2.75) is 0 Å². The highest BCUT2D eigenvalue weighted by Gasteiger charge is 2.11. The highest BCUT2D eigenvalue weighted by molar-refractivity contribution is 6.03. The molecule has 0 atom stereocenters. The highest BCUT2D eigenvalue weighted by atomic mass is 16.1. The van der Waals surface area contributed by atoms with Crippen LogP contribution in [0.25, 0.3) is 5.57 Å². The minimum Gasteiger partial charge on any atom is -0.378 e. The zero-order valence-electron chi connectivity index (χ0n) is 13.4. The van der Waals surface area contributed by atoms with Gasteiger partial charge < -0.3 is 4.90 Å². The molecule has 1 aliphatic carbocycles. The lowest BCUT2D eigenvalue weighted by atomic mass is 9.91. The number of benzene rings is 2. The second kappa shape index (κ2) is 6.49. The number of carbonyl (C=O) groups is 1. The lowest BCUT2D eigenvalue weighted by Gasteiger charge is -2.16. The van der Waals surface area contributed by atoms with E-state index in [9.17, 15) is 4.79 Å². The van der Waals surface area contributed by atoms with Crippen molar-refractivity contribution in [2.75, 3.05) is 19.0 Å². The fourth-order valence-electron chi connectivity index (χ4n) is 2.65. The average Bonchev–Trinajstić information content (AvgIpc) is 2.58. The number of rotatable bonds is 3. The van der Waals surface area contributed by atoms with Crippen molar-refractivity contribution < 1.29 is 4.79 Å². The monoisotopic (exact) mass is 301 g/mol. The molecule has 0 aromatic heterocycles. The first kappa shape index (κ1) is 15.0. The Hall–Kier alpha value is -2.87. The van der Waals surface area contributed by atoms with Gasteiger partial charge in [-0.25, -0.2) is 0 Å². The Bertz CT molecular complexity index is 775. The van der Waals surface area contributed by atoms with Gasteiger partial charge in [-0.05, 0) is 46.6 Å². The van der Waals surface area contributed by atoms with Crippen molar-refractivity contribution in [3.05, 3.63) is 95.6 Å². The van der Waals surface area contributed by atoms with Crippen LogP contribution in [0.5, 0.6) is 0 Å². The van der Waals surface area contributed by atoms with Crippen molar-refractivity contribution in [2.24, 2.45) is 0 Å². The Morgan fingerprint density at radius 1 is 0.739 bits per heavy atom. The summed E-state index contributed by atoms with van der Waals surface area (Å²) in [6.45, 7) is 0. The summed E-state index contributed by atoms with van der Waals surface area (Å²) >= 11 is 0. The minimum absolute atomic E-state index is 0.0316. The van der Waals surface area contributed by atoms with E-state index >= 15 is 0 Å². The molecule has 0 fully saturated rings. The van der Waals surface area contributed by atoms with Gasteiger partial charge in [0.05, 0.1) is 0 Å². The number of hydrogen-bond donors (Lipinski definition) is 0. The second-order valence-electron chi connectivity index (χ2n) is 5.71. The number of carbonyl (C=O) groups excluding carboxylic acids is 1. The van der Waals surface area contributed by atoms with E-state index in [1.807, 2.05) is 44.4 Å². The van der Waals surface area contributed by atoms with Gasteiger partial charge in [-0.3, -0.25) is 4.79 Å². The summed E-state index contributed by atoms with van der Waals surface area (Å²) in [6.07, 6.45) is 7.02. The number of anilines is 1. The Morgan fingerprint density at radius 3 is 1.87 bits per heavy atom. The van der Waals surface area contributed by atoms with E-state index in [4.69, 9.17) is 0 Å². The Balaban J connectivity index is 2.13. The smallest absolute Gasteiger partial charge is 0.178 e. The highest BCUT2D eigenvalue weighted by Crippen LogP contribution is 2.30. The van der Waals surface area contributed by atoms with Crippen LogP contribution >= 0.6 is 0 Å². The molecule has 0 heterocycles. The molecule has 3 rings (SSSR count). The van der Waals surface area contributed by atoms with Crippen LogP contribution in [0.3, 0.4) is 0 Å². The molecule has 0 amide bonds. The quantitative estimate of drug-likeness (QED) is 0.844. The van der Waals surface area contributed by atoms with Gasteiger partial charge in [0, 0.05) is 19.8 Å². The first-order valence-electron chi connectivity index (χ1n) is 7.63. The number of allylic oxidation sites excluding steroid dienone is 5. The molecule has 0 unspecified atom stereocenters. The van der Waals surface area contributed by atoms with Crippen LogP contribution in [0.4, 0.5) is 5.69 Å². The summed E-state index contributed by atoms with van der Waals surface area (Å²) in [5, 5.41) is 0. The molecular formula is C21H19NO. The van der Waals surface area contributed by atoms with Crippen molar-refractivity contribution in [1.82, 2.24) is 0 Å². The zero-order valence-corrected chi connectivity index (χ0v) is 13.4. The van der Waals surface area contributed by atoms with E-state index in [0.717, 1.165) is 28.0 Å². The van der Waals surface area contributed by atoms with Gasteiger partial charge >= 0.3 is 0 Å². The van der Waals surface area contributed by atoms with E-state index in [1.165, 1.54) is 0 Å². The maximum Gasteiger partial charge on any atom is 0.178 e. The first-order valence-corrected chi connectivity index (χ1v) is 7.63. The fourth-order valence-corrected chi connectivity index (χ4v) is 2.65. The molecule has 0 aliphatic heterocycles. The average molecular weight is 301 g/mol. The van der Waals surface area contributed by atoms with E-state index in [-0.39, 0.29) is 5.78 Å². The molecule has 1 aliphatic rings. The fraction of sp³-hybridized carbons (Fsp3) is 0.0952. The van der Waals surface area contributed by atoms with E-state index < -0.39 is 0 Å². The van der Waals surface area contributed by atoms with Gasteiger partial charge in [-0.15, -0.1) is 0 Å². The standard InChI is InChI=1S/C21H19NO/c1-22(2)19-12-8-17(9-13-19)21(16-6-4-3-5-7-16)18-10-14-20(23)15-11-18/h3-15H,1-2H3. The third-order valence-corrected chi connectivity index (χ3v) is 3.88. The normalized spacial score (nSPS) is 13.3. The molecule has 0 saturated heterocycles. The summed E-state index contributed by atoms with van der Waals surface area (Å²) in [5.74, 6) is 0.0316. The molecule has 2 heteroatoms. The van der Waals surface area contributed by atoms with Crippen LogP contribution in [0.1, 0.15) is 11.1 Å². The maximum atomic E-state index is 11.4. The molecule has 2 aromatic carbocycles. The Labute approximate surface area is 137 Å². The predicted molar refractivity (Wildman–Crippen MR) is 96.5 cm³/mol. The van der Waals surface area contributed by atoms with Crippen molar-refractivity contribution in [3.63, 3.8) is 0 Å². The Morgan fingerprint density at radius 2 is 1.30 bits per heavy atom. The molecular weight excluding hydrogens is 282 g/mol. The SMILES string of the molecule is CN(C)c1ccc(C(=C2C=CC(=O)C=C2)c2ccccc2)cc1. The largest absolute Gasteiger partial charge is 0.378 e. The molecule has 0 bridgehead atoms. The summed E-state index contributed by atoms with van der Waals surface area (Å²) < 4.78 is 0. The van der Waals surface area contributed by atoms with Gasteiger partial charge in [0.1, 0.15) is 0 Å². The molecule has 114 valence electrons. The first-order chi connectivity index (χ1) is 11.1. The van der Waals surface area contributed by atoms with Crippen LogP contribution in [0.15, 0.2) is 84.5 Å². The molecule has 2 aromatic rings. The van der Waals surface area contributed by atoms with Crippen molar-refractivity contribution in [1.29, 1.82) is 0 Å². The van der Waals surface area contributed by atoms with Crippen molar-refractivity contribution >= 4 is 17.0 Å². The van der Waals surface area contributed by atoms with Crippen LogP contribution in [0.2, 0.25) is 0 Å². The Kier molecular flexibility index (Phi) is 4.24. The van der Waals surface area contributed by atoms with Gasteiger partial charge in [0.25, 0.3) is 0 Å². The number of hydrogen-bond acceptors (Lipinski definition) is 2.